The fraction of sp³-hybridized carbons (Fsp3) is 0.800. The van der Waals surface area contributed by atoms with Crippen molar-refractivity contribution in [3.8, 4) is 0 Å². The van der Waals surface area contributed by atoms with Gasteiger partial charge < -0.3 is 0 Å². The van der Waals surface area contributed by atoms with E-state index in [0.29, 0.717) is 23.0 Å². The number of allylic oxidation sites excluding steroid dienone is 2. The van der Waals surface area contributed by atoms with Crippen LogP contribution in [0.15, 0.2) is 11.6 Å². The molecule has 0 amide bonds. The fourth-order valence-corrected chi connectivity index (χ4v) is 3.41. The molecule has 0 spiro atoms. The van der Waals surface area contributed by atoms with Crippen LogP contribution in [0, 0.1) is 22.7 Å². The summed E-state index contributed by atoms with van der Waals surface area (Å²) in [4.78, 5) is 12.2. The normalized spacial score (nSPS) is 40.2. The Morgan fingerprint density at radius 1 is 1.38 bits per heavy atom. The number of hydrogen-bond acceptors (Lipinski definition) is 1. The predicted molar refractivity (Wildman–Crippen MR) is 67.2 cm³/mol. The Morgan fingerprint density at radius 3 is 2.56 bits per heavy atom. The van der Waals surface area contributed by atoms with Gasteiger partial charge >= 0.3 is 0 Å². The summed E-state index contributed by atoms with van der Waals surface area (Å²) >= 11 is 0. The van der Waals surface area contributed by atoms with Crippen LogP contribution in [0.5, 0.6) is 0 Å². The third kappa shape index (κ3) is 1.65. The molecule has 0 saturated heterocycles. The first kappa shape index (κ1) is 11.9. The summed E-state index contributed by atoms with van der Waals surface area (Å²) in [6, 6.07) is 0. The second kappa shape index (κ2) is 3.45. The van der Waals surface area contributed by atoms with Crippen LogP contribution in [-0.4, -0.2) is 5.78 Å². The first-order chi connectivity index (χ1) is 7.28. The number of ketones is 1. The largest absolute Gasteiger partial charge is 0.299 e. The maximum atomic E-state index is 12.2. The van der Waals surface area contributed by atoms with Crippen molar-refractivity contribution in [1.82, 2.24) is 0 Å². The average molecular weight is 220 g/mol. The molecule has 0 aromatic carbocycles. The van der Waals surface area contributed by atoms with Crippen molar-refractivity contribution in [2.75, 3.05) is 0 Å². The minimum Gasteiger partial charge on any atom is -0.299 e. The smallest absolute Gasteiger partial charge is 0.137 e. The monoisotopic (exact) mass is 220 g/mol. The summed E-state index contributed by atoms with van der Waals surface area (Å²) in [5.41, 5.74) is 1.98. The molecule has 2 saturated carbocycles. The highest BCUT2D eigenvalue weighted by Gasteiger charge is 2.65. The van der Waals surface area contributed by atoms with Gasteiger partial charge in [-0.05, 0) is 43.4 Å². The summed E-state index contributed by atoms with van der Waals surface area (Å²) < 4.78 is 0. The van der Waals surface area contributed by atoms with Crippen molar-refractivity contribution >= 4 is 5.78 Å². The molecule has 0 radical (unpaired) electrons. The van der Waals surface area contributed by atoms with Crippen molar-refractivity contribution in [1.29, 1.82) is 0 Å². The molecule has 0 heterocycles. The van der Waals surface area contributed by atoms with E-state index in [0.717, 1.165) is 12.8 Å². The zero-order valence-electron chi connectivity index (χ0n) is 11.3. The summed E-state index contributed by atoms with van der Waals surface area (Å²) in [6.07, 6.45) is 5.24. The highest BCUT2D eigenvalue weighted by molar-refractivity contribution is 5.84. The van der Waals surface area contributed by atoms with E-state index in [1.165, 1.54) is 12.0 Å². The number of hydrogen-bond donors (Lipinski definition) is 0. The highest BCUT2D eigenvalue weighted by Crippen LogP contribution is 2.70. The molecule has 90 valence electrons. The van der Waals surface area contributed by atoms with Gasteiger partial charge in [-0.3, -0.25) is 4.79 Å². The van der Waals surface area contributed by atoms with Gasteiger partial charge in [-0.25, -0.2) is 0 Å². The zero-order valence-corrected chi connectivity index (χ0v) is 11.3. The quantitative estimate of drug-likeness (QED) is 0.643. The maximum Gasteiger partial charge on any atom is 0.137 e. The van der Waals surface area contributed by atoms with Crippen LogP contribution in [-0.2, 0) is 4.79 Å². The van der Waals surface area contributed by atoms with Gasteiger partial charge in [-0.1, -0.05) is 32.4 Å². The van der Waals surface area contributed by atoms with Crippen molar-refractivity contribution < 1.29 is 4.79 Å². The standard InChI is InChI=1S/C15H24O/c1-10(2)6-7-11-12-8-15(12,5)14(3,4)9-13(11)16/h6,11-12H,7-9H2,1-5H3. The van der Waals surface area contributed by atoms with Gasteiger partial charge in [0.1, 0.15) is 5.78 Å². The van der Waals surface area contributed by atoms with Gasteiger partial charge in [0.15, 0.2) is 0 Å². The van der Waals surface area contributed by atoms with Gasteiger partial charge in [0.2, 0.25) is 0 Å². The summed E-state index contributed by atoms with van der Waals surface area (Å²) in [5.74, 6) is 1.47. The summed E-state index contributed by atoms with van der Waals surface area (Å²) in [6.45, 7) is 11.1. The molecule has 16 heavy (non-hydrogen) atoms. The van der Waals surface area contributed by atoms with Crippen LogP contribution >= 0.6 is 0 Å². The van der Waals surface area contributed by atoms with Gasteiger partial charge in [0.25, 0.3) is 0 Å². The van der Waals surface area contributed by atoms with Crippen molar-refractivity contribution in [3.05, 3.63) is 11.6 Å². The number of fused-ring (bicyclic) bond motifs is 1. The third-order valence-corrected chi connectivity index (χ3v) is 5.14. The molecule has 0 aromatic rings. The third-order valence-electron chi connectivity index (χ3n) is 5.14. The van der Waals surface area contributed by atoms with Crippen LogP contribution in [0.25, 0.3) is 0 Å². The molecule has 2 fully saturated rings. The molecular weight excluding hydrogens is 196 g/mol. The van der Waals surface area contributed by atoms with Crippen LogP contribution in [0.2, 0.25) is 0 Å². The number of carbonyl (C=O) groups is 1. The van der Waals surface area contributed by atoms with Gasteiger partial charge in [0, 0.05) is 12.3 Å². The lowest BCUT2D eigenvalue weighted by atomic mass is 9.64. The molecule has 1 heteroatoms. The molecule has 2 rings (SSSR count). The Balaban J connectivity index is 2.14. The molecule has 2 aliphatic carbocycles. The highest BCUT2D eigenvalue weighted by atomic mass is 16.1. The van der Waals surface area contributed by atoms with Crippen LogP contribution in [0.4, 0.5) is 0 Å². The molecule has 0 aromatic heterocycles. The molecule has 3 atom stereocenters. The van der Waals surface area contributed by atoms with E-state index in [9.17, 15) is 4.79 Å². The molecule has 2 aliphatic rings. The average Bonchev–Trinajstić information content (AvgIpc) is 2.78. The Hall–Kier alpha value is -0.590. The molecular formula is C15H24O. The molecule has 0 bridgehead atoms. The molecule has 0 aliphatic heterocycles. The molecule has 1 nitrogen and oxygen atoms in total. The van der Waals surface area contributed by atoms with E-state index < -0.39 is 0 Å². The van der Waals surface area contributed by atoms with Crippen LogP contribution < -0.4 is 0 Å². The van der Waals surface area contributed by atoms with Gasteiger partial charge in [-0.2, -0.15) is 0 Å². The van der Waals surface area contributed by atoms with E-state index in [2.05, 4.69) is 40.7 Å². The Morgan fingerprint density at radius 2 is 2.00 bits per heavy atom. The van der Waals surface area contributed by atoms with Gasteiger partial charge in [0.05, 0.1) is 0 Å². The number of carbonyl (C=O) groups excluding carboxylic acids is 1. The van der Waals surface area contributed by atoms with Crippen LogP contribution in [0.3, 0.4) is 0 Å². The van der Waals surface area contributed by atoms with E-state index in [4.69, 9.17) is 0 Å². The number of Topliss-reactive ketones (excluding diaryl/α,β-unsaturated/α-hetero) is 1. The Labute approximate surface area is 99.3 Å². The lowest BCUT2D eigenvalue weighted by molar-refractivity contribution is -0.130. The van der Waals surface area contributed by atoms with Crippen molar-refractivity contribution in [2.24, 2.45) is 22.7 Å². The first-order valence-electron chi connectivity index (χ1n) is 6.44. The van der Waals surface area contributed by atoms with Crippen molar-refractivity contribution in [3.63, 3.8) is 0 Å². The second-order valence-corrected chi connectivity index (χ2v) is 6.88. The predicted octanol–water partition coefficient (Wildman–Crippen LogP) is 3.98. The summed E-state index contributed by atoms with van der Waals surface area (Å²) in [7, 11) is 0. The SMILES string of the molecule is CC(C)=CCC1C(=O)CC(C)(C)C2(C)CC12. The molecule has 0 N–H and O–H groups in total. The minimum absolute atomic E-state index is 0.218. The number of rotatable bonds is 2. The second-order valence-electron chi connectivity index (χ2n) is 6.88. The summed E-state index contributed by atoms with van der Waals surface area (Å²) in [5, 5.41) is 0. The zero-order chi connectivity index (χ0) is 12.1. The van der Waals surface area contributed by atoms with E-state index in [-0.39, 0.29) is 5.41 Å². The lowest BCUT2D eigenvalue weighted by Crippen LogP contribution is -2.38. The topological polar surface area (TPSA) is 17.1 Å². The maximum absolute atomic E-state index is 12.2. The van der Waals surface area contributed by atoms with E-state index >= 15 is 0 Å². The van der Waals surface area contributed by atoms with Crippen molar-refractivity contribution in [2.45, 2.75) is 53.9 Å². The lowest BCUT2D eigenvalue weighted by Gasteiger charge is -2.39. The van der Waals surface area contributed by atoms with Crippen LogP contribution in [0.1, 0.15) is 53.9 Å². The van der Waals surface area contributed by atoms with Gasteiger partial charge in [-0.15, -0.1) is 0 Å². The van der Waals surface area contributed by atoms with E-state index in [1.807, 2.05) is 0 Å². The Kier molecular flexibility index (Phi) is 2.56. The minimum atomic E-state index is 0.218. The molecule has 3 unspecified atom stereocenters. The van der Waals surface area contributed by atoms with E-state index in [1.54, 1.807) is 0 Å². The Bertz CT molecular complexity index is 346. The first-order valence-corrected chi connectivity index (χ1v) is 6.44. The fourth-order valence-electron chi connectivity index (χ4n) is 3.41.